The molecule has 1 N–H and O–H groups in total. The Morgan fingerprint density at radius 2 is 1.97 bits per heavy atom. The molecule has 0 radical (unpaired) electrons. The van der Waals surface area contributed by atoms with E-state index in [0.29, 0.717) is 28.0 Å². The summed E-state index contributed by atoms with van der Waals surface area (Å²) in [6.07, 6.45) is 0.387. The van der Waals surface area contributed by atoms with Gasteiger partial charge >= 0.3 is 12.2 Å². The Bertz CT molecular complexity index is 1300. The zero-order chi connectivity index (χ0) is 21.8. The number of aromatic nitrogens is 4. The van der Waals surface area contributed by atoms with E-state index >= 15 is 0 Å². The molecule has 0 fully saturated rings. The molecule has 10 heteroatoms. The van der Waals surface area contributed by atoms with Gasteiger partial charge in [-0.3, -0.25) is 15.0 Å². The lowest BCUT2D eigenvalue weighted by Crippen LogP contribution is -2.42. The van der Waals surface area contributed by atoms with Crippen molar-refractivity contribution < 1.29 is 18.0 Å². The normalized spacial score (nSPS) is 14.3. The van der Waals surface area contributed by atoms with Gasteiger partial charge in [-0.25, -0.2) is 9.78 Å². The molecule has 0 unspecified atom stereocenters. The number of amides is 2. The predicted octanol–water partition coefficient (Wildman–Crippen LogP) is 4.74. The van der Waals surface area contributed by atoms with E-state index < -0.39 is 17.8 Å². The van der Waals surface area contributed by atoms with Gasteiger partial charge < -0.3 is 4.90 Å². The second-order valence-corrected chi connectivity index (χ2v) is 7.21. The Labute approximate surface area is 174 Å². The highest BCUT2D eigenvalue weighted by molar-refractivity contribution is 6.08. The minimum Gasteiger partial charge on any atom is -0.323 e. The van der Waals surface area contributed by atoms with Crippen LogP contribution in [0.2, 0.25) is 0 Å². The van der Waals surface area contributed by atoms with Crippen LogP contribution in [0.15, 0.2) is 55.0 Å². The molecule has 5 rings (SSSR count). The number of pyridine rings is 2. The van der Waals surface area contributed by atoms with Gasteiger partial charge in [-0.05, 0) is 30.3 Å². The number of carbonyl (C=O) groups excluding carboxylic acids is 1. The third-order valence-electron chi connectivity index (χ3n) is 5.14. The number of anilines is 2. The number of hydrogen-bond donors (Lipinski definition) is 1. The number of benzene rings is 1. The minimum atomic E-state index is -4.53. The van der Waals surface area contributed by atoms with Gasteiger partial charge in [0, 0.05) is 30.6 Å². The highest BCUT2D eigenvalue weighted by atomic mass is 19.4. The van der Waals surface area contributed by atoms with Crippen LogP contribution in [0.1, 0.15) is 11.1 Å². The van der Waals surface area contributed by atoms with Crippen molar-refractivity contribution in [2.45, 2.75) is 12.7 Å². The third kappa shape index (κ3) is 3.16. The molecule has 1 aliphatic heterocycles. The number of alkyl halides is 3. The van der Waals surface area contributed by atoms with Gasteiger partial charge in [0.25, 0.3) is 0 Å². The molecule has 0 atom stereocenters. The van der Waals surface area contributed by atoms with E-state index in [1.807, 2.05) is 0 Å². The molecule has 1 aromatic carbocycles. The number of rotatable bonds is 2. The van der Waals surface area contributed by atoms with Crippen molar-refractivity contribution in [3.05, 3.63) is 66.1 Å². The molecule has 4 heterocycles. The molecule has 0 saturated heterocycles. The van der Waals surface area contributed by atoms with Crippen LogP contribution < -0.4 is 4.90 Å². The van der Waals surface area contributed by atoms with Crippen molar-refractivity contribution in [1.82, 2.24) is 25.1 Å². The van der Waals surface area contributed by atoms with E-state index in [2.05, 4.69) is 20.2 Å². The first-order chi connectivity index (χ1) is 14.8. The van der Waals surface area contributed by atoms with Gasteiger partial charge in [-0.15, -0.1) is 0 Å². The molecule has 7 nitrogen and oxygen atoms in total. The quantitative estimate of drug-likeness (QED) is 0.504. The molecule has 0 spiro atoms. The number of urea groups is 1. The molecule has 2 amide bonds. The first-order valence-electron chi connectivity index (χ1n) is 9.33. The number of nitrogens with one attached hydrogen (secondary N) is 1. The molecule has 3 aromatic heterocycles. The Hall–Kier alpha value is -3.95. The number of aromatic amines is 1. The maximum absolute atomic E-state index is 13.3. The summed E-state index contributed by atoms with van der Waals surface area (Å²) in [5.74, 6) is 0. The van der Waals surface area contributed by atoms with Gasteiger partial charge in [-0.2, -0.15) is 18.3 Å². The van der Waals surface area contributed by atoms with Gasteiger partial charge in [0.2, 0.25) is 0 Å². The molecule has 0 saturated carbocycles. The van der Waals surface area contributed by atoms with Gasteiger partial charge in [0.05, 0.1) is 40.9 Å². The Balaban J connectivity index is 1.76. The molecule has 4 aromatic rings. The molecular weight excluding hydrogens is 409 g/mol. The number of nitrogens with zero attached hydrogens (tertiary/aromatic N) is 5. The van der Waals surface area contributed by atoms with Crippen molar-refractivity contribution in [3.63, 3.8) is 0 Å². The summed E-state index contributed by atoms with van der Waals surface area (Å²) in [5.41, 5.74) is 2.68. The van der Waals surface area contributed by atoms with Crippen molar-refractivity contribution in [2.75, 3.05) is 11.9 Å². The molecule has 1 aliphatic rings. The Kier molecular flexibility index (Phi) is 4.17. The minimum absolute atomic E-state index is 0.107. The predicted molar refractivity (Wildman–Crippen MR) is 108 cm³/mol. The highest BCUT2D eigenvalue weighted by Gasteiger charge is 2.35. The second kappa shape index (κ2) is 6.79. The fraction of sp³-hybridized carbons (Fsp3) is 0.143. The summed E-state index contributed by atoms with van der Waals surface area (Å²) < 4.78 is 40.0. The van der Waals surface area contributed by atoms with Crippen molar-refractivity contribution in [3.8, 4) is 11.3 Å². The summed E-state index contributed by atoms with van der Waals surface area (Å²) in [6.45, 7) is 0.268. The van der Waals surface area contributed by atoms with Gasteiger partial charge in [-0.1, -0.05) is 6.07 Å². The molecule has 0 aliphatic carbocycles. The van der Waals surface area contributed by atoms with E-state index in [-0.39, 0.29) is 12.2 Å². The summed E-state index contributed by atoms with van der Waals surface area (Å²) in [5, 5.41) is 6.65. The van der Waals surface area contributed by atoms with Crippen LogP contribution in [-0.4, -0.2) is 38.1 Å². The topological polar surface area (TPSA) is 78.0 Å². The Morgan fingerprint density at radius 3 is 2.71 bits per heavy atom. The molecular formula is C21H15F3N6O. The van der Waals surface area contributed by atoms with Crippen LogP contribution in [0.25, 0.3) is 22.3 Å². The van der Waals surface area contributed by atoms with E-state index in [9.17, 15) is 18.0 Å². The van der Waals surface area contributed by atoms with Gasteiger partial charge in [0.1, 0.15) is 5.52 Å². The van der Waals surface area contributed by atoms with Crippen LogP contribution in [-0.2, 0) is 12.7 Å². The SMILES string of the molecule is CN1Cc2cnc3ccc(-c4cn[nH]c4)nc3c2N(c2cccc(C(F)(F)F)c2)C1=O. The van der Waals surface area contributed by atoms with E-state index in [4.69, 9.17) is 0 Å². The van der Waals surface area contributed by atoms with Crippen molar-refractivity contribution >= 4 is 28.4 Å². The largest absolute Gasteiger partial charge is 0.416 e. The highest BCUT2D eigenvalue weighted by Crippen LogP contribution is 2.40. The third-order valence-corrected chi connectivity index (χ3v) is 5.14. The number of hydrogen-bond acceptors (Lipinski definition) is 4. The maximum Gasteiger partial charge on any atom is 0.416 e. The van der Waals surface area contributed by atoms with Crippen molar-refractivity contribution in [2.24, 2.45) is 0 Å². The number of carbonyl (C=O) groups is 1. The van der Waals surface area contributed by atoms with Crippen LogP contribution in [0.4, 0.5) is 29.3 Å². The van der Waals surface area contributed by atoms with E-state index in [1.165, 1.54) is 21.9 Å². The number of halogens is 3. The fourth-order valence-electron chi connectivity index (χ4n) is 3.66. The summed E-state index contributed by atoms with van der Waals surface area (Å²) in [6, 6.07) is 7.79. The lowest BCUT2D eigenvalue weighted by molar-refractivity contribution is -0.137. The average Bonchev–Trinajstić information content (AvgIpc) is 3.29. The number of H-pyrrole nitrogens is 1. The van der Waals surface area contributed by atoms with Crippen molar-refractivity contribution in [1.29, 1.82) is 0 Å². The van der Waals surface area contributed by atoms with E-state index in [0.717, 1.165) is 17.7 Å². The second-order valence-electron chi connectivity index (χ2n) is 7.21. The first-order valence-corrected chi connectivity index (χ1v) is 9.33. The molecule has 31 heavy (non-hydrogen) atoms. The monoisotopic (exact) mass is 424 g/mol. The van der Waals surface area contributed by atoms with Crippen LogP contribution >= 0.6 is 0 Å². The zero-order valence-electron chi connectivity index (χ0n) is 16.2. The maximum atomic E-state index is 13.3. The molecule has 0 bridgehead atoms. The fourth-order valence-corrected chi connectivity index (χ4v) is 3.66. The number of fused-ring (bicyclic) bond motifs is 3. The zero-order valence-corrected chi connectivity index (χ0v) is 16.2. The van der Waals surface area contributed by atoms with Crippen LogP contribution in [0.5, 0.6) is 0 Å². The summed E-state index contributed by atoms with van der Waals surface area (Å²) in [4.78, 5) is 24.9. The smallest absolute Gasteiger partial charge is 0.323 e. The molecule has 156 valence electrons. The first kappa shape index (κ1) is 19.0. The average molecular weight is 424 g/mol. The van der Waals surface area contributed by atoms with Crippen LogP contribution in [0.3, 0.4) is 0 Å². The Morgan fingerprint density at radius 1 is 1.13 bits per heavy atom. The van der Waals surface area contributed by atoms with Crippen LogP contribution in [0, 0.1) is 0 Å². The van der Waals surface area contributed by atoms with Gasteiger partial charge in [0.15, 0.2) is 0 Å². The lowest BCUT2D eigenvalue weighted by atomic mass is 10.1. The summed E-state index contributed by atoms with van der Waals surface area (Å²) in [7, 11) is 1.59. The van der Waals surface area contributed by atoms with E-state index in [1.54, 1.807) is 37.8 Å². The summed E-state index contributed by atoms with van der Waals surface area (Å²) >= 11 is 0. The standard InChI is InChI=1S/C21H15F3N6O/c1-29-11-13-8-25-17-6-5-16(12-9-26-27-10-12)28-18(17)19(13)30(20(29)31)15-4-2-3-14(7-15)21(22,23)24/h2-10H,11H2,1H3,(H,26,27). The lowest BCUT2D eigenvalue weighted by Gasteiger charge is -2.35.